The lowest BCUT2D eigenvalue weighted by Crippen LogP contribution is -2.31. The molecule has 0 N–H and O–H groups in total. The highest BCUT2D eigenvalue weighted by molar-refractivity contribution is 6.31. The van der Waals surface area contributed by atoms with Crippen LogP contribution in [0.1, 0.15) is 50.7 Å². The molecule has 2 aliphatic rings. The number of anilines is 6. The van der Waals surface area contributed by atoms with E-state index < -0.39 is 0 Å². The van der Waals surface area contributed by atoms with Crippen LogP contribution in [0, 0.1) is 0 Å². The Morgan fingerprint density at radius 2 is 0.766 bits per heavy atom. The van der Waals surface area contributed by atoms with Gasteiger partial charge in [-0.1, -0.05) is 99.5 Å². The molecule has 8 heteroatoms. The topological polar surface area (TPSA) is 72.9 Å². The number of amides is 2. The van der Waals surface area contributed by atoms with Gasteiger partial charge in [-0.25, -0.2) is 0 Å². The fraction of sp³-hybridized carbons (Fsp3) is 0.143. The first kappa shape index (κ1) is 40.2. The minimum Gasteiger partial charge on any atom is -0.310 e. The number of carbonyl (C=O) groups is 2. The number of para-hydroxylation sites is 4. The van der Waals surface area contributed by atoms with Gasteiger partial charge < -0.3 is 19.6 Å². The molecule has 2 aliphatic heterocycles. The van der Waals surface area contributed by atoms with E-state index in [4.69, 9.17) is 9.97 Å². The Hall–Kier alpha value is -7.84. The maximum Gasteiger partial charge on any atom is 0.261 e. The third-order valence-corrected chi connectivity index (χ3v) is 12.2. The lowest BCUT2D eigenvalue weighted by molar-refractivity contribution is -0.124. The van der Waals surface area contributed by atoms with Gasteiger partial charge in [0.1, 0.15) is 0 Å². The molecule has 0 aliphatic carbocycles. The van der Waals surface area contributed by atoms with Gasteiger partial charge in [0.05, 0.1) is 44.9 Å². The number of hydrogen-bond acceptors (Lipinski definition) is 6. The molecule has 0 bridgehead atoms. The second kappa shape index (κ2) is 17.5. The van der Waals surface area contributed by atoms with Crippen molar-refractivity contribution in [2.45, 2.75) is 39.5 Å². The molecule has 0 fully saturated rings. The fourth-order valence-electron chi connectivity index (χ4n) is 9.27. The van der Waals surface area contributed by atoms with Crippen LogP contribution >= 0.6 is 0 Å². The minimum absolute atomic E-state index is 0.174. The molecule has 0 atom stereocenters. The van der Waals surface area contributed by atoms with Crippen LogP contribution in [-0.4, -0.2) is 44.7 Å². The first-order valence-electron chi connectivity index (χ1n) is 22.3. The maximum absolute atomic E-state index is 15.4. The van der Waals surface area contributed by atoms with Crippen LogP contribution in [0.2, 0.25) is 0 Å². The third-order valence-electron chi connectivity index (χ3n) is 12.2. The number of carbonyl (C=O) groups excluding carboxylic acids is 2. The van der Waals surface area contributed by atoms with Gasteiger partial charge in [-0.15, -0.1) is 0 Å². The summed E-state index contributed by atoms with van der Waals surface area (Å²) in [4.78, 5) is 49.0. The number of unbranched alkanes of at least 4 members (excludes halogenated alkanes) is 2. The van der Waals surface area contributed by atoms with Crippen molar-refractivity contribution in [1.29, 1.82) is 0 Å². The van der Waals surface area contributed by atoms with Crippen molar-refractivity contribution in [1.82, 2.24) is 19.8 Å². The first-order valence-corrected chi connectivity index (χ1v) is 22.3. The Kier molecular flexibility index (Phi) is 11.0. The largest absolute Gasteiger partial charge is 0.310 e. The number of hydrogen-bond donors (Lipinski definition) is 0. The van der Waals surface area contributed by atoms with E-state index in [1.165, 1.54) is 0 Å². The van der Waals surface area contributed by atoms with Gasteiger partial charge in [0.15, 0.2) is 0 Å². The van der Waals surface area contributed by atoms with Crippen LogP contribution in [0.15, 0.2) is 193 Å². The zero-order valence-electron chi connectivity index (χ0n) is 36.1. The Morgan fingerprint density at radius 1 is 0.422 bits per heavy atom. The Bertz CT molecular complexity index is 2790. The highest BCUT2D eigenvalue weighted by atomic mass is 16.2. The first-order chi connectivity index (χ1) is 31.6. The summed E-state index contributed by atoms with van der Waals surface area (Å²) in [5.41, 5.74) is 10.9. The van der Waals surface area contributed by atoms with Gasteiger partial charge in [0.25, 0.3) is 11.8 Å². The van der Waals surface area contributed by atoms with E-state index in [9.17, 15) is 0 Å². The molecule has 8 nitrogen and oxygen atoms in total. The molecule has 8 aromatic rings. The molecule has 0 saturated heterocycles. The van der Waals surface area contributed by atoms with Crippen LogP contribution in [0.3, 0.4) is 0 Å². The molecule has 314 valence electrons. The maximum atomic E-state index is 15.4. The van der Waals surface area contributed by atoms with Gasteiger partial charge in [0.2, 0.25) is 0 Å². The van der Waals surface area contributed by atoms with Crippen molar-refractivity contribution < 1.29 is 9.59 Å². The smallest absolute Gasteiger partial charge is 0.261 e. The van der Waals surface area contributed by atoms with E-state index in [0.717, 1.165) is 92.7 Å². The Labute approximate surface area is 374 Å². The van der Waals surface area contributed by atoms with E-state index in [-0.39, 0.29) is 11.8 Å². The van der Waals surface area contributed by atoms with Gasteiger partial charge in [-0.3, -0.25) is 19.6 Å². The van der Waals surface area contributed by atoms with Crippen molar-refractivity contribution in [2.75, 3.05) is 22.9 Å². The van der Waals surface area contributed by atoms with Gasteiger partial charge in [-0.05, 0) is 110 Å². The minimum atomic E-state index is -0.174. The van der Waals surface area contributed by atoms with Crippen LogP contribution < -0.4 is 9.80 Å². The number of benzene rings is 6. The zero-order chi connectivity index (χ0) is 43.6. The lowest BCUT2D eigenvalue weighted by atomic mass is 9.97. The second-order valence-electron chi connectivity index (χ2n) is 16.1. The Balaban J connectivity index is 1.21. The van der Waals surface area contributed by atoms with E-state index in [1.54, 1.807) is 12.4 Å². The van der Waals surface area contributed by atoms with Crippen molar-refractivity contribution in [3.8, 4) is 0 Å². The normalized spacial score (nSPS) is 13.7. The highest BCUT2D eigenvalue weighted by Crippen LogP contribution is 2.51. The molecular formula is C56H48N6O2. The fourth-order valence-corrected chi connectivity index (χ4v) is 9.27. The van der Waals surface area contributed by atoms with Crippen molar-refractivity contribution in [3.05, 3.63) is 205 Å². The van der Waals surface area contributed by atoms with Crippen molar-refractivity contribution >= 4 is 79.1 Å². The number of aromatic nitrogens is 2. The standard InChI is InChI=1S/C56H48N6O2/c1-3-5-37-59-53(45-31-33-47(43-29-19-35-57-51(43)45)61(39-21-11-7-12-22-39)40-23-13-8-14-24-40)49-50(55(59)63)54(60(56(49)64)38-6-4-2)46-32-34-48(44-30-20-36-58-52(44)46)62(41-25-15-9-16-26-41)42-27-17-10-18-28-42/h7-36H,3-6,37-38H2,1-2H3. The molecule has 6 aromatic carbocycles. The summed E-state index contributed by atoms with van der Waals surface area (Å²) >= 11 is 0. The van der Waals surface area contributed by atoms with Gasteiger partial charge in [-0.2, -0.15) is 0 Å². The van der Waals surface area contributed by atoms with E-state index in [2.05, 4.69) is 109 Å². The number of nitrogens with zero attached hydrogens (tertiary/aromatic N) is 6. The summed E-state index contributed by atoms with van der Waals surface area (Å²) in [6.07, 6.45) is 6.89. The SMILES string of the molecule is CCCCN1C(=O)C2=C(c3ccc(N(c4ccccc4)c4ccccc4)c4cccnc34)N(CCCC)C(=O)C2=C1c1ccc(N(c2ccccc2)c2ccccc2)c2cccnc12. The molecule has 4 heterocycles. The predicted molar refractivity (Wildman–Crippen MR) is 260 cm³/mol. The van der Waals surface area contributed by atoms with Gasteiger partial charge >= 0.3 is 0 Å². The average molecular weight is 837 g/mol. The predicted octanol–water partition coefficient (Wildman–Crippen LogP) is 13.1. The number of rotatable bonds is 14. The molecule has 2 amide bonds. The second-order valence-corrected chi connectivity index (χ2v) is 16.1. The molecular weight excluding hydrogens is 789 g/mol. The quantitative estimate of drug-likeness (QED) is 0.109. The number of fused-ring (bicyclic) bond motifs is 3. The van der Waals surface area contributed by atoms with E-state index in [1.807, 2.05) is 94.7 Å². The molecule has 0 unspecified atom stereocenters. The Morgan fingerprint density at radius 3 is 1.09 bits per heavy atom. The van der Waals surface area contributed by atoms with E-state index >= 15 is 9.59 Å². The molecule has 10 rings (SSSR count). The van der Waals surface area contributed by atoms with Gasteiger partial charge in [0, 0.05) is 70.1 Å². The molecule has 2 aromatic heterocycles. The van der Waals surface area contributed by atoms with Crippen molar-refractivity contribution in [2.24, 2.45) is 0 Å². The van der Waals surface area contributed by atoms with Crippen LogP contribution in [-0.2, 0) is 9.59 Å². The average Bonchev–Trinajstić information content (AvgIpc) is 3.80. The summed E-state index contributed by atoms with van der Waals surface area (Å²) in [6.45, 7) is 5.17. The summed E-state index contributed by atoms with van der Waals surface area (Å²) in [5, 5.41) is 1.81. The van der Waals surface area contributed by atoms with Crippen molar-refractivity contribution in [3.63, 3.8) is 0 Å². The van der Waals surface area contributed by atoms with Crippen LogP contribution in [0.4, 0.5) is 34.1 Å². The molecule has 64 heavy (non-hydrogen) atoms. The summed E-state index contributed by atoms with van der Waals surface area (Å²) < 4.78 is 0. The third kappa shape index (κ3) is 6.97. The van der Waals surface area contributed by atoms with Crippen LogP contribution in [0.5, 0.6) is 0 Å². The lowest BCUT2D eigenvalue weighted by Gasteiger charge is -2.29. The number of pyridine rings is 2. The van der Waals surface area contributed by atoms with E-state index in [0.29, 0.717) is 35.6 Å². The highest BCUT2D eigenvalue weighted by Gasteiger charge is 2.49. The summed E-state index contributed by atoms with van der Waals surface area (Å²) in [5.74, 6) is -0.347. The molecule has 0 saturated carbocycles. The molecule has 0 radical (unpaired) electrons. The van der Waals surface area contributed by atoms with Crippen LogP contribution in [0.25, 0.3) is 33.2 Å². The summed E-state index contributed by atoms with van der Waals surface area (Å²) in [7, 11) is 0. The summed E-state index contributed by atoms with van der Waals surface area (Å²) in [6, 6.07) is 57.6. The monoisotopic (exact) mass is 836 g/mol. The zero-order valence-corrected chi connectivity index (χ0v) is 36.1. The molecule has 0 spiro atoms.